The summed E-state index contributed by atoms with van der Waals surface area (Å²) >= 11 is 0. The maximum Gasteiger partial charge on any atom is 0.305 e. The lowest BCUT2D eigenvalue weighted by Gasteiger charge is -2.01. The third kappa shape index (κ3) is 9.65. The summed E-state index contributed by atoms with van der Waals surface area (Å²) in [7, 11) is 1.40. The second kappa shape index (κ2) is 10.6. The minimum Gasteiger partial charge on any atom is -0.469 e. The van der Waals surface area contributed by atoms with E-state index in [1.807, 2.05) is 0 Å². The Morgan fingerprint density at radius 2 is 1.44 bits per heavy atom. The molecular weight excluding hydrogens is 208 g/mol. The van der Waals surface area contributed by atoms with E-state index in [9.17, 15) is 9.59 Å². The van der Waals surface area contributed by atoms with E-state index in [0.29, 0.717) is 12.8 Å². The molecule has 0 amide bonds. The number of aliphatic hydroxyl groups excluding tert-OH is 1. The fraction of sp³-hybridized carbons (Fsp3) is 0.833. The molecular formula is C12H22O4. The topological polar surface area (TPSA) is 63.6 Å². The van der Waals surface area contributed by atoms with Crippen LogP contribution in [0.3, 0.4) is 0 Å². The van der Waals surface area contributed by atoms with Crippen LogP contribution in [0.25, 0.3) is 0 Å². The first kappa shape index (κ1) is 15.1. The van der Waals surface area contributed by atoms with Gasteiger partial charge in [0.2, 0.25) is 0 Å². The van der Waals surface area contributed by atoms with E-state index in [4.69, 9.17) is 5.11 Å². The largest absolute Gasteiger partial charge is 0.469 e. The summed E-state index contributed by atoms with van der Waals surface area (Å²) in [5.74, 6) is -0.223. The Bertz CT molecular complexity index is 179. The van der Waals surface area contributed by atoms with Gasteiger partial charge in [-0.25, -0.2) is 0 Å². The van der Waals surface area contributed by atoms with E-state index < -0.39 is 0 Å². The molecule has 0 aromatic heterocycles. The Hall–Kier alpha value is -0.900. The van der Waals surface area contributed by atoms with Crippen molar-refractivity contribution in [2.45, 2.75) is 51.4 Å². The van der Waals surface area contributed by atoms with Crippen molar-refractivity contribution < 1.29 is 19.4 Å². The molecule has 4 nitrogen and oxygen atoms in total. The van der Waals surface area contributed by atoms with Crippen LogP contribution in [-0.2, 0) is 14.3 Å². The molecule has 0 aromatic rings. The molecule has 94 valence electrons. The zero-order valence-electron chi connectivity index (χ0n) is 10.0. The molecule has 16 heavy (non-hydrogen) atoms. The number of carbonyl (C=O) groups excluding carboxylic acids is 2. The third-order valence-corrected chi connectivity index (χ3v) is 2.49. The minimum absolute atomic E-state index is 0.0781. The zero-order chi connectivity index (χ0) is 12.2. The first-order valence-electron chi connectivity index (χ1n) is 5.90. The van der Waals surface area contributed by atoms with E-state index >= 15 is 0 Å². The highest BCUT2D eigenvalue weighted by atomic mass is 16.5. The molecule has 0 heterocycles. The smallest absolute Gasteiger partial charge is 0.305 e. The number of esters is 1. The highest BCUT2D eigenvalue weighted by molar-refractivity contribution is 5.79. The van der Waals surface area contributed by atoms with Gasteiger partial charge >= 0.3 is 5.97 Å². The van der Waals surface area contributed by atoms with Crippen LogP contribution in [0, 0.1) is 0 Å². The lowest BCUT2D eigenvalue weighted by molar-refractivity contribution is -0.140. The summed E-state index contributed by atoms with van der Waals surface area (Å²) in [6.45, 7) is -0.334. The SMILES string of the molecule is COC(=O)CCCCCCCCC(=O)CO. The van der Waals surface area contributed by atoms with E-state index in [0.717, 1.165) is 38.5 Å². The summed E-state index contributed by atoms with van der Waals surface area (Å²) in [6.07, 6.45) is 6.94. The van der Waals surface area contributed by atoms with E-state index in [1.165, 1.54) is 7.11 Å². The monoisotopic (exact) mass is 230 g/mol. The maximum atomic E-state index is 10.8. The second-order valence-electron chi connectivity index (χ2n) is 3.89. The molecule has 0 fully saturated rings. The van der Waals surface area contributed by atoms with Gasteiger partial charge in [0.25, 0.3) is 0 Å². The summed E-state index contributed by atoms with van der Waals surface area (Å²) < 4.78 is 4.53. The van der Waals surface area contributed by atoms with Gasteiger partial charge in [0.15, 0.2) is 5.78 Å². The van der Waals surface area contributed by atoms with Crippen molar-refractivity contribution in [2.75, 3.05) is 13.7 Å². The molecule has 0 saturated heterocycles. The minimum atomic E-state index is -0.334. The van der Waals surface area contributed by atoms with Crippen LogP contribution < -0.4 is 0 Å². The highest BCUT2D eigenvalue weighted by Crippen LogP contribution is 2.09. The first-order chi connectivity index (χ1) is 7.70. The molecule has 1 N–H and O–H groups in total. The number of methoxy groups -OCH3 is 1. The van der Waals surface area contributed by atoms with Crippen LogP contribution in [0.4, 0.5) is 0 Å². The van der Waals surface area contributed by atoms with E-state index in [-0.39, 0.29) is 18.4 Å². The van der Waals surface area contributed by atoms with Crippen molar-refractivity contribution >= 4 is 11.8 Å². The Balaban J connectivity index is 3.10. The molecule has 0 atom stereocenters. The van der Waals surface area contributed by atoms with Gasteiger partial charge < -0.3 is 9.84 Å². The summed E-state index contributed by atoms with van der Waals surface area (Å²) in [5.41, 5.74) is 0. The van der Waals surface area contributed by atoms with Gasteiger partial charge in [0.1, 0.15) is 6.61 Å². The molecule has 0 radical (unpaired) electrons. The second-order valence-corrected chi connectivity index (χ2v) is 3.89. The van der Waals surface area contributed by atoms with Gasteiger partial charge in [0.05, 0.1) is 7.11 Å². The van der Waals surface area contributed by atoms with Crippen LogP contribution in [0.15, 0.2) is 0 Å². The molecule has 0 aromatic carbocycles. The summed E-state index contributed by atoms with van der Waals surface area (Å²) in [4.78, 5) is 21.5. The van der Waals surface area contributed by atoms with Gasteiger partial charge in [0, 0.05) is 12.8 Å². The molecule has 0 aliphatic carbocycles. The third-order valence-electron chi connectivity index (χ3n) is 2.49. The van der Waals surface area contributed by atoms with Crippen molar-refractivity contribution in [3.63, 3.8) is 0 Å². The number of aliphatic hydroxyl groups is 1. The number of unbranched alkanes of at least 4 members (excludes halogenated alkanes) is 5. The summed E-state index contributed by atoms with van der Waals surface area (Å²) in [5, 5.41) is 8.49. The van der Waals surface area contributed by atoms with Crippen LogP contribution in [-0.4, -0.2) is 30.6 Å². The zero-order valence-corrected chi connectivity index (χ0v) is 10.0. The molecule has 4 heteroatoms. The maximum absolute atomic E-state index is 10.8. The molecule has 0 aliphatic rings. The number of Topliss-reactive ketones (excluding diaryl/α,β-unsaturated/α-hetero) is 1. The fourth-order valence-corrected chi connectivity index (χ4v) is 1.48. The number of carbonyl (C=O) groups is 2. The van der Waals surface area contributed by atoms with Crippen LogP contribution in [0.1, 0.15) is 51.4 Å². The molecule has 0 unspecified atom stereocenters. The van der Waals surface area contributed by atoms with Crippen molar-refractivity contribution in [1.29, 1.82) is 0 Å². The predicted molar refractivity (Wildman–Crippen MR) is 61.0 cm³/mol. The fourth-order valence-electron chi connectivity index (χ4n) is 1.48. The standard InChI is InChI=1S/C12H22O4/c1-16-12(15)9-7-5-3-2-4-6-8-11(14)10-13/h13H,2-10H2,1H3. The summed E-state index contributed by atoms with van der Waals surface area (Å²) in [6, 6.07) is 0. The van der Waals surface area contributed by atoms with Crippen LogP contribution in [0.5, 0.6) is 0 Å². The Kier molecular flexibility index (Phi) is 10.0. The van der Waals surface area contributed by atoms with Gasteiger partial charge in [-0.15, -0.1) is 0 Å². The quantitative estimate of drug-likeness (QED) is 0.459. The average Bonchev–Trinajstić information content (AvgIpc) is 2.31. The highest BCUT2D eigenvalue weighted by Gasteiger charge is 2.00. The molecule has 0 bridgehead atoms. The van der Waals surface area contributed by atoms with Gasteiger partial charge in [-0.3, -0.25) is 9.59 Å². The van der Waals surface area contributed by atoms with Crippen molar-refractivity contribution in [2.24, 2.45) is 0 Å². The Morgan fingerprint density at radius 3 is 1.94 bits per heavy atom. The van der Waals surface area contributed by atoms with Gasteiger partial charge in [-0.1, -0.05) is 25.7 Å². The molecule has 0 spiro atoms. The molecule has 0 saturated carbocycles. The molecule has 0 rings (SSSR count). The van der Waals surface area contributed by atoms with Crippen molar-refractivity contribution in [1.82, 2.24) is 0 Å². The van der Waals surface area contributed by atoms with Gasteiger partial charge in [-0.2, -0.15) is 0 Å². The number of hydrogen-bond acceptors (Lipinski definition) is 4. The van der Waals surface area contributed by atoms with E-state index in [2.05, 4.69) is 4.74 Å². The normalized spacial score (nSPS) is 10.1. The number of rotatable bonds is 10. The number of ketones is 1. The lowest BCUT2D eigenvalue weighted by atomic mass is 10.1. The first-order valence-corrected chi connectivity index (χ1v) is 5.90. The Morgan fingerprint density at radius 1 is 0.938 bits per heavy atom. The number of hydrogen-bond donors (Lipinski definition) is 1. The average molecular weight is 230 g/mol. The predicted octanol–water partition coefficient (Wildman–Crippen LogP) is 1.84. The number of ether oxygens (including phenoxy) is 1. The van der Waals surface area contributed by atoms with Crippen LogP contribution in [0.2, 0.25) is 0 Å². The van der Waals surface area contributed by atoms with Crippen molar-refractivity contribution in [3.8, 4) is 0 Å². The van der Waals surface area contributed by atoms with E-state index in [1.54, 1.807) is 0 Å². The van der Waals surface area contributed by atoms with Gasteiger partial charge in [-0.05, 0) is 12.8 Å². The Labute approximate surface area is 97.0 Å². The lowest BCUT2D eigenvalue weighted by Crippen LogP contribution is -2.02. The van der Waals surface area contributed by atoms with Crippen LogP contribution >= 0.6 is 0 Å². The molecule has 0 aliphatic heterocycles. The van der Waals surface area contributed by atoms with Crippen molar-refractivity contribution in [3.05, 3.63) is 0 Å².